The Bertz CT molecular complexity index is 691. The fourth-order valence-corrected chi connectivity index (χ4v) is 2.25. The average Bonchev–Trinajstić information content (AvgIpc) is 2.45. The van der Waals surface area contributed by atoms with Crippen LogP contribution in [0.1, 0.15) is 51.3 Å². The minimum absolute atomic E-state index is 0.241. The van der Waals surface area contributed by atoms with E-state index in [1.54, 1.807) is 13.0 Å². The smallest absolute Gasteiger partial charge is 0.416 e. The molecule has 1 aromatic carbocycles. The zero-order valence-electron chi connectivity index (χ0n) is 15.5. The molecule has 1 rings (SSSR count). The number of rotatable bonds is 4. The number of phenols is 1. The fraction of sp³-hybridized carbons (Fsp3) is 0.474. The highest BCUT2D eigenvalue weighted by atomic mass is 19.4. The molecule has 0 radical (unpaired) electrons. The van der Waals surface area contributed by atoms with Crippen LogP contribution in [-0.2, 0) is 6.18 Å². The molecular formula is C19H25F3N2O. The van der Waals surface area contributed by atoms with Crippen molar-refractivity contribution in [3.8, 4) is 5.75 Å². The van der Waals surface area contributed by atoms with Crippen molar-refractivity contribution >= 4 is 11.5 Å². The molecule has 0 atom stereocenters. The lowest BCUT2D eigenvalue weighted by atomic mass is 9.96. The Morgan fingerprint density at radius 3 is 2.28 bits per heavy atom. The normalized spacial score (nSPS) is 14.4. The number of hydrogen-bond donors (Lipinski definition) is 1. The maximum absolute atomic E-state index is 12.9. The third kappa shape index (κ3) is 5.73. The SMILES string of the molecule is CCN=C(C)N=C(/C=C(/C)C(C)C)c1c(C)cc(C(F)(F)F)cc1O. The van der Waals surface area contributed by atoms with Gasteiger partial charge in [-0.15, -0.1) is 0 Å². The third-order valence-electron chi connectivity index (χ3n) is 3.84. The molecule has 1 aromatic rings. The van der Waals surface area contributed by atoms with Crippen LogP contribution in [0.3, 0.4) is 0 Å². The van der Waals surface area contributed by atoms with E-state index in [1.807, 2.05) is 27.7 Å². The molecule has 0 aliphatic rings. The topological polar surface area (TPSA) is 45.0 Å². The monoisotopic (exact) mass is 354 g/mol. The van der Waals surface area contributed by atoms with Crippen molar-refractivity contribution in [3.05, 3.63) is 40.5 Å². The average molecular weight is 354 g/mol. The summed E-state index contributed by atoms with van der Waals surface area (Å²) in [4.78, 5) is 8.62. The number of benzene rings is 1. The molecule has 25 heavy (non-hydrogen) atoms. The van der Waals surface area contributed by atoms with E-state index in [0.29, 0.717) is 29.2 Å². The first kappa shape index (κ1) is 20.9. The number of aromatic hydroxyl groups is 1. The van der Waals surface area contributed by atoms with E-state index in [2.05, 4.69) is 9.98 Å². The Morgan fingerprint density at radius 1 is 1.24 bits per heavy atom. The van der Waals surface area contributed by atoms with Crippen molar-refractivity contribution in [1.82, 2.24) is 0 Å². The van der Waals surface area contributed by atoms with Gasteiger partial charge in [-0.3, -0.25) is 4.99 Å². The number of nitrogens with zero attached hydrogens (tertiary/aromatic N) is 2. The minimum atomic E-state index is -4.51. The first-order valence-corrected chi connectivity index (χ1v) is 8.16. The van der Waals surface area contributed by atoms with Crippen LogP contribution < -0.4 is 0 Å². The van der Waals surface area contributed by atoms with Crippen LogP contribution in [-0.4, -0.2) is 23.2 Å². The van der Waals surface area contributed by atoms with Gasteiger partial charge < -0.3 is 5.11 Å². The van der Waals surface area contributed by atoms with Crippen molar-refractivity contribution < 1.29 is 18.3 Å². The van der Waals surface area contributed by atoms with Gasteiger partial charge >= 0.3 is 6.18 Å². The van der Waals surface area contributed by atoms with E-state index in [0.717, 1.165) is 17.7 Å². The van der Waals surface area contributed by atoms with Gasteiger partial charge in [0.05, 0.1) is 11.3 Å². The predicted octanol–water partition coefficient (Wildman–Crippen LogP) is 5.55. The van der Waals surface area contributed by atoms with Crippen LogP contribution in [0.2, 0.25) is 0 Å². The summed E-state index contributed by atoms with van der Waals surface area (Å²) in [7, 11) is 0. The number of amidine groups is 1. The lowest BCUT2D eigenvalue weighted by Gasteiger charge is -2.15. The van der Waals surface area contributed by atoms with E-state index in [4.69, 9.17) is 0 Å². The van der Waals surface area contributed by atoms with Crippen molar-refractivity contribution in [3.63, 3.8) is 0 Å². The summed E-state index contributed by atoms with van der Waals surface area (Å²) >= 11 is 0. The van der Waals surface area contributed by atoms with E-state index >= 15 is 0 Å². The number of aliphatic imine (C=N–C) groups is 2. The number of allylic oxidation sites excluding steroid dienone is 2. The van der Waals surface area contributed by atoms with Crippen molar-refractivity contribution in [2.24, 2.45) is 15.9 Å². The van der Waals surface area contributed by atoms with Gasteiger partial charge in [-0.25, -0.2) is 4.99 Å². The Kier molecular flexibility index (Phi) is 6.96. The first-order chi connectivity index (χ1) is 11.5. The molecule has 0 unspecified atom stereocenters. The van der Waals surface area contributed by atoms with Gasteiger partial charge in [-0.05, 0) is 57.4 Å². The Balaban J connectivity index is 3.61. The highest BCUT2D eigenvalue weighted by Crippen LogP contribution is 2.35. The number of halogens is 3. The molecular weight excluding hydrogens is 329 g/mol. The summed E-state index contributed by atoms with van der Waals surface area (Å²) in [6.45, 7) is 11.6. The second-order valence-corrected chi connectivity index (χ2v) is 6.25. The standard InChI is InChI=1S/C19H25F3N2O/c1-7-23-14(6)24-16(9-12(4)11(2)3)18-13(5)8-15(10-17(18)25)19(20,21)22/h8-11,25H,7H2,1-6H3/b12-9-,23-14?,24-16?. The van der Waals surface area contributed by atoms with Crippen LogP contribution in [0.25, 0.3) is 0 Å². The van der Waals surface area contributed by atoms with E-state index < -0.39 is 17.5 Å². The van der Waals surface area contributed by atoms with Gasteiger partial charge in [0, 0.05) is 12.1 Å². The van der Waals surface area contributed by atoms with Crippen LogP contribution in [0, 0.1) is 12.8 Å². The Morgan fingerprint density at radius 2 is 1.84 bits per heavy atom. The van der Waals surface area contributed by atoms with E-state index in [-0.39, 0.29) is 5.92 Å². The molecule has 0 fully saturated rings. The molecule has 0 amide bonds. The van der Waals surface area contributed by atoms with Gasteiger partial charge in [0.25, 0.3) is 0 Å². The van der Waals surface area contributed by atoms with Gasteiger partial charge in [-0.2, -0.15) is 13.2 Å². The summed E-state index contributed by atoms with van der Waals surface area (Å²) in [5.74, 6) is 0.303. The van der Waals surface area contributed by atoms with Gasteiger partial charge in [0.1, 0.15) is 11.6 Å². The largest absolute Gasteiger partial charge is 0.507 e. The molecule has 3 nitrogen and oxygen atoms in total. The highest BCUT2D eigenvalue weighted by molar-refractivity contribution is 6.16. The van der Waals surface area contributed by atoms with Crippen LogP contribution in [0.4, 0.5) is 13.2 Å². The molecule has 0 saturated carbocycles. The fourth-order valence-electron chi connectivity index (χ4n) is 2.25. The summed E-state index contributed by atoms with van der Waals surface area (Å²) in [6, 6.07) is 1.76. The molecule has 138 valence electrons. The minimum Gasteiger partial charge on any atom is -0.507 e. The molecule has 1 N–H and O–H groups in total. The zero-order chi connectivity index (χ0) is 19.4. The second kappa shape index (κ2) is 8.32. The number of aryl methyl sites for hydroxylation is 1. The van der Waals surface area contributed by atoms with Crippen LogP contribution in [0.5, 0.6) is 5.75 Å². The molecule has 0 bridgehead atoms. The number of phenolic OH excluding ortho intramolecular Hbond substituents is 1. The van der Waals surface area contributed by atoms with Gasteiger partial charge in [-0.1, -0.05) is 19.4 Å². The van der Waals surface area contributed by atoms with Crippen LogP contribution >= 0.6 is 0 Å². The van der Waals surface area contributed by atoms with Crippen LogP contribution in [0.15, 0.2) is 33.8 Å². The molecule has 0 saturated heterocycles. The molecule has 0 aliphatic heterocycles. The van der Waals surface area contributed by atoms with E-state index in [1.165, 1.54) is 6.92 Å². The zero-order valence-corrected chi connectivity index (χ0v) is 15.5. The summed E-state index contributed by atoms with van der Waals surface area (Å²) in [5.41, 5.74) is 1.13. The predicted molar refractivity (Wildman–Crippen MR) is 96.6 cm³/mol. The summed E-state index contributed by atoms with van der Waals surface area (Å²) in [6.07, 6.45) is -2.73. The maximum Gasteiger partial charge on any atom is 0.416 e. The molecule has 0 aromatic heterocycles. The second-order valence-electron chi connectivity index (χ2n) is 6.25. The molecule has 0 heterocycles. The quantitative estimate of drug-likeness (QED) is 0.559. The summed E-state index contributed by atoms with van der Waals surface area (Å²) in [5, 5.41) is 10.3. The Hall–Kier alpha value is -2.11. The number of alkyl halides is 3. The van der Waals surface area contributed by atoms with Gasteiger partial charge in [0.2, 0.25) is 0 Å². The summed E-state index contributed by atoms with van der Waals surface area (Å²) < 4.78 is 38.8. The first-order valence-electron chi connectivity index (χ1n) is 8.16. The van der Waals surface area contributed by atoms with Gasteiger partial charge in [0.15, 0.2) is 0 Å². The molecule has 6 heteroatoms. The molecule has 0 spiro atoms. The molecule has 0 aliphatic carbocycles. The Labute approximate surface area is 147 Å². The highest BCUT2D eigenvalue weighted by Gasteiger charge is 2.32. The van der Waals surface area contributed by atoms with Crippen molar-refractivity contribution in [1.29, 1.82) is 0 Å². The lowest BCUT2D eigenvalue weighted by molar-refractivity contribution is -0.137. The van der Waals surface area contributed by atoms with Crippen molar-refractivity contribution in [2.45, 2.75) is 47.7 Å². The number of hydrogen-bond acceptors (Lipinski definition) is 2. The maximum atomic E-state index is 12.9. The lowest BCUT2D eigenvalue weighted by Crippen LogP contribution is -2.10. The third-order valence-corrected chi connectivity index (χ3v) is 3.84. The van der Waals surface area contributed by atoms with E-state index in [9.17, 15) is 18.3 Å². The van der Waals surface area contributed by atoms with Crippen molar-refractivity contribution in [2.75, 3.05) is 6.54 Å².